The van der Waals surface area contributed by atoms with Crippen molar-refractivity contribution in [1.29, 1.82) is 0 Å². The molecule has 2 fully saturated rings. The second-order valence-corrected chi connectivity index (χ2v) is 9.99. The minimum Gasteiger partial charge on any atom is -0.468 e. The van der Waals surface area contributed by atoms with Crippen LogP contribution in [-0.4, -0.2) is 42.4 Å². The van der Waals surface area contributed by atoms with Gasteiger partial charge in [0.2, 0.25) is 11.8 Å². The number of nitrogens with one attached hydrogen (secondary N) is 1. The van der Waals surface area contributed by atoms with Gasteiger partial charge in [0.15, 0.2) is 0 Å². The van der Waals surface area contributed by atoms with E-state index in [0.29, 0.717) is 16.5 Å². The van der Waals surface area contributed by atoms with Crippen molar-refractivity contribution >= 4 is 41.0 Å². The van der Waals surface area contributed by atoms with E-state index in [9.17, 15) is 14.4 Å². The Kier molecular flexibility index (Phi) is 6.29. The summed E-state index contributed by atoms with van der Waals surface area (Å²) in [5.74, 6) is -2.55. The van der Waals surface area contributed by atoms with Crippen LogP contribution in [0.2, 0.25) is 10.0 Å². The first kappa shape index (κ1) is 23.7. The fraction of sp³-hybridized carbons (Fsp3) is 0.400. The molecule has 2 aromatic carbocycles. The molecule has 8 heteroatoms. The van der Waals surface area contributed by atoms with Crippen LogP contribution in [0, 0.1) is 17.8 Å². The molecule has 0 saturated carbocycles. The van der Waals surface area contributed by atoms with Crippen LogP contribution < -0.4 is 5.32 Å². The highest BCUT2D eigenvalue weighted by Crippen LogP contribution is 2.51. The quantitative estimate of drug-likeness (QED) is 0.495. The van der Waals surface area contributed by atoms with Gasteiger partial charge in [-0.15, -0.1) is 0 Å². The van der Waals surface area contributed by atoms with E-state index in [1.807, 2.05) is 44.2 Å². The van der Waals surface area contributed by atoms with Gasteiger partial charge in [-0.25, -0.2) is 0 Å². The average molecular weight is 489 g/mol. The lowest BCUT2D eigenvalue weighted by Crippen LogP contribution is -2.56. The van der Waals surface area contributed by atoms with Crippen LogP contribution >= 0.6 is 23.2 Å². The number of ether oxygens (including phenoxy) is 1. The lowest BCUT2D eigenvalue weighted by Gasteiger charge is -2.33. The van der Waals surface area contributed by atoms with Gasteiger partial charge in [-0.05, 0) is 41.2 Å². The molecule has 2 amide bonds. The topological polar surface area (TPSA) is 75.7 Å². The summed E-state index contributed by atoms with van der Waals surface area (Å²) >= 11 is 12.2. The van der Waals surface area contributed by atoms with E-state index in [0.717, 1.165) is 21.6 Å². The van der Waals surface area contributed by atoms with Crippen LogP contribution in [0.5, 0.6) is 0 Å². The molecule has 4 atom stereocenters. The molecule has 2 aromatic rings. The summed E-state index contributed by atoms with van der Waals surface area (Å²) < 4.78 is 5.14. The van der Waals surface area contributed by atoms with Crippen molar-refractivity contribution in [1.82, 2.24) is 10.2 Å². The zero-order valence-corrected chi connectivity index (χ0v) is 20.4. The van der Waals surface area contributed by atoms with Gasteiger partial charge in [0.25, 0.3) is 0 Å². The Morgan fingerprint density at radius 1 is 1.06 bits per heavy atom. The third-order valence-corrected chi connectivity index (χ3v) is 7.42. The Bertz CT molecular complexity index is 1120. The molecule has 1 N–H and O–H groups in total. The molecule has 2 saturated heterocycles. The van der Waals surface area contributed by atoms with Crippen molar-refractivity contribution < 1.29 is 19.1 Å². The summed E-state index contributed by atoms with van der Waals surface area (Å²) in [6, 6.07) is 12.6. The number of benzene rings is 2. The lowest BCUT2D eigenvalue weighted by molar-refractivity contribution is -0.154. The van der Waals surface area contributed by atoms with E-state index in [-0.39, 0.29) is 17.7 Å². The zero-order chi connectivity index (χ0) is 24.1. The first-order valence-corrected chi connectivity index (χ1v) is 11.6. The minimum absolute atomic E-state index is 0.0989. The van der Waals surface area contributed by atoms with Gasteiger partial charge in [0, 0.05) is 13.1 Å². The molecule has 0 aromatic heterocycles. The normalized spacial score (nSPS) is 26.8. The van der Waals surface area contributed by atoms with Gasteiger partial charge in [-0.2, -0.15) is 0 Å². The summed E-state index contributed by atoms with van der Waals surface area (Å²) in [6.45, 7) is 3.96. The average Bonchev–Trinajstić information content (AvgIpc) is 3.24. The molecule has 0 spiro atoms. The Balaban J connectivity index is 1.75. The predicted molar refractivity (Wildman–Crippen MR) is 127 cm³/mol. The van der Waals surface area contributed by atoms with Crippen LogP contribution in [0.15, 0.2) is 42.5 Å². The van der Waals surface area contributed by atoms with Gasteiger partial charge >= 0.3 is 5.97 Å². The van der Waals surface area contributed by atoms with Crippen molar-refractivity contribution in [2.24, 2.45) is 17.8 Å². The van der Waals surface area contributed by atoms with E-state index in [4.69, 9.17) is 27.9 Å². The second-order valence-electron chi connectivity index (χ2n) is 9.17. The second kappa shape index (κ2) is 8.75. The monoisotopic (exact) mass is 488 g/mol. The maximum absolute atomic E-state index is 13.1. The summed E-state index contributed by atoms with van der Waals surface area (Å²) in [5.41, 5.74) is 1.39. The number of methoxy groups -OCH3 is 1. The van der Waals surface area contributed by atoms with E-state index in [1.165, 1.54) is 14.2 Å². The highest BCUT2D eigenvalue weighted by molar-refractivity contribution is 6.42. The smallest absolute Gasteiger partial charge is 0.326 e. The summed E-state index contributed by atoms with van der Waals surface area (Å²) in [5, 5.41) is 4.33. The maximum Gasteiger partial charge on any atom is 0.326 e. The molecule has 174 valence electrons. The molecule has 0 bridgehead atoms. The number of imide groups is 1. The van der Waals surface area contributed by atoms with Crippen molar-refractivity contribution in [3.05, 3.63) is 58.1 Å². The van der Waals surface area contributed by atoms with E-state index >= 15 is 0 Å². The predicted octanol–water partition coefficient (Wildman–Crippen LogP) is 4.49. The zero-order valence-electron chi connectivity index (χ0n) is 18.9. The minimum atomic E-state index is -1.27. The number of nitrogens with zero attached hydrogens (tertiary/aromatic N) is 1. The van der Waals surface area contributed by atoms with E-state index in [1.54, 1.807) is 12.1 Å². The molecule has 2 aliphatic heterocycles. The van der Waals surface area contributed by atoms with Gasteiger partial charge in [-0.1, -0.05) is 67.4 Å². The van der Waals surface area contributed by atoms with Crippen LogP contribution in [0.25, 0.3) is 11.1 Å². The highest BCUT2D eigenvalue weighted by atomic mass is 35.5. The van der Waals surface area contributed by atoms with Gasteiger partial charge in [-0.3, -0.25) is 24.6 Å². The number of amides is 2. The number of likely N-dealkylation sites (tertiary alicyclic amines) is 1. The summed E-state index contributed by atoms with van der Waals surface area (Å²) in [6.07, 6.45) is 0.381. The molecule has 0 aliphatic carbocycles. The first-order chi connectivity index (χ1) is 15.6. The maximum atomic E-state index is 13.1. The standard InChI is InChI=1S/C25H26Cl2N2O4/c1-13(2)12-25(24(32)33-4)20-19(22(30)29(3)23(20)31)21(28-25)15-7-5-14(6-8-15)16-9-10-17(26)18(27)11-16/h5-11,13,19-21,28H,12H2,1-4H3/t19?,20?,21?,25-/m1/s1. The number of carbonyl (C=O) groups excluding carboxylic acids is 3. The van der Waals surface area contributed by atoms with Crippen LogP contribution in [0.4, 0.5) is 0 Å². The fourth-order valence-corrected chi connectivity index (χ4v) is 5.57. The molecule has 6 nitrogen and oxygen atoms in total. The third kappa shape index (κ3) is 3.84. The largest absolute Gasteiger partial charge is 0.468 e. The molecular formula is C25H26Cl2N2O4. The molecule has 0 radical (unpaired) electrons. The fourth-order valence-electron chi connectivity index (χ4n) is 5.28. The van der Waals surface area contributed by atoms with Crippen molar-refractivity contribution in [2.75, 3.05) is 14.2 Å². The van der Waals surface area contributed by atoms with Gasteiger partial charge in [0.05, 0.1) is 29.0 Å². The number of esters is 1. The molecule has 2 aliphatic rings. The van der Waals surface area contributed by atoms with Gasteiger partial charge in [0.1, 0.15) is 5.54 Å². The van der Waals surface area contributed by atoms with Crippen molar-refractivity contribution in [3.8, 4) is 11.1 Å². The first-order valence-electron chi connectivity index (χ1n) is 10.8. The Morgan fingerprint density at radius 2 is 1.70 bits per heavy atom. The molecule has 33 heavy (non-hydrogen) atoms. The Morgan fingerprint density at radius 3 is 2.27 bits per heavy atom. The van der Waals surface area contributed by atoms with Crippen LogP contribution in [-0.2, 0) is 19.1 Å². The van der Waals surface area contributed by atoms with E-state index < -0.39 is 29.4 Å². The van der Waals surface area contributed by atoms with E-state index in [2.05, 4.69) is 5.32 Å². The molecule has 3 unspecified atom stereocenters. The van der Waals surface area contributed by atoms with Crippen LogP contribution in [0.1, 0.15) is 31.9 Å². The number of hydrogen-bond acceptors (Lipinski definition) is 5. The number of fused-ring (bicyclic) bond motifs is 1. The molecular weight excluding hydrogens is 463 g/mol. The SMILES string of the molecule is COC(=O)[C@]1(CC(C)C)NC(c2ccc(-c3ccc(Cl)c(Cl)c3)cc2)C2C(=O)N(C)C(=O)C21. The Hall–Kier alpha value is -2.41. The highest BCUT2D eigenvalue weighted by Gasteiger charge is 2.68. The molecule has 2 heterocycles. The number of carbonyl (C=O) groups is 3. The lowest BCUT2D eigenvalue weighted by atomic mass is 9.75. The van der Waals surface area contributed by atoms with Crippen LogP contribution in [0.3, 0.4) is 0 Å². The Labute approximate surface area is 203 Å². The number of hydrogen-bond donors (Lipinski definition) is 1. The number of halogens is 2. The summed E-state index contributed by atoms with van der Waals surface area (Å²) in [4.78, 5) is 40.4. The summed E-state index contributed by atoms with van der Waals surface area (Å²) in [7, 11) is 2.79. The number of rotatable bonds is 5. The third-order valence-electron chi connectivity index (χ3n) is 6.68. The van der Waals surface area contributed by atoms with Crippen molar-refractivity contribution in [2.45, 2.75) is 31.8 Å². The van der Waals surface area contributed by atoms with Crippen molar-refractivity contribution in [3.63, 3.8) is 0 Å². The molecule has 4 rings (SSSR count). The van der Waals surface area contributed by atoms with Gasteiger partial charge < -0.3 is 4.74 Å².